The number of benzene rings is 2. The van der Waals surface area contributed by atoms with Crippen LogP contribution < -0.4 is 9.62 Å². The van der Waals surface area contributed by atoms with Crippen LogP contribution in [0.5, 0.6) is 0 Å². The monoisotopic (exact) mass is 518 g/mol. The molecule has 11 heteroatoms. The van der Waals surface area contributed by atoms with Gasteiger partial charge in [0.1, 0.15) is 12.6 Å². The molecule has 0 bridgehead atoms. The Labute approximate surface area is 212 Å². The van der Waals surface area contributed by atoms with Crippen molar-refractivity contribution in [2.45, 2.75) is 59.7 Å². The molecule has 36 heavy (non-hydrogen) atoms. The van der Waals surface area contributed by atoms with E-state index in [1.807, 2.05) is 45.0 Å². The Bertz CT molecular complexity index is 1210. The maximum atomic E-state index is 13.6. The average Bonchev–Trinajstić information content (AvgIpc) is 2.81. The number of nitrogens with one attached hydrogen (secondary N) is 1. The molecule has 0 aromatic heterocycles. The summed E-state index contributed by atoms with van der Waals surface area (Å²) in [6.45, 7) is 8.37. The summed E-state index contributed by atoms with van der Waals surface area (Å²) in [6.07, 6.45) is 1.64. The molecule has 0 spiro atoms. The van der Waals surface area contributed by atoms with Gasteiger partial charge >= 0.3 is 0 Å². The quantitative estimate of drug-likeness (QED) is 0.359. The summed E-state index contributed by atoms with van der Waals surface area (Å²) in [7, 11) is -4.00. The van der Waals surface area contributed by atoms with Gasteiger partial charge < -0.3 is 10.2 Å². The minimum Gasteiger partial charge on any atom is -0.352 e. The van der Waals surface area contributed by atoms with Gasteiger partial charge in [-0.2, -0.15) is 0 Å². The number of aryl methyl sites for hydroxylation is 2. The largest absolute Gasteiger partial charge is 0.352 e. The number of carbonyl (C=O) groups excluding carboxylic acids is 2. The summed E-state index contributed by atoms with van der Waals surface area (Å²) < 4.78 is 26.3. The van der Waals surface area contributed by atoms with Crippen LogP contribution in [0.3, 0.4) is 0 Å². The molecule has 0 aliphatic rings. The smallest absolute Gasteiger partial charge is 0.271 e. The van der Waals surface area contributed by atoms with E-state index in [4.69, 9.17) is 0 Å². The van der Waals surface area contributed by atoms with Gasteiger partial charge in [0.05, 0.1) is 16.9 Å². The van der Waals surface area contributed by atoms with Gasteiger partial charge in [0.2, 0.25) is 21.8 Å². The summed E-state index contributed by atoms with van der Waals surface area (Å²) in [5.74, 6) is -0.971. The Balaban J connectivity index is 2.47. The standard InChI is InChI=1S/C25H34N4O6S/c1-7-19(4)26-25(31)20(5)27(15-21-11-8-17(2)9-12-21)24(30)16-28(36(6,34)35)23-14-22(29(32)33)13-10-18(23)3/h8-14,19-20H,7,15-16H2,1-6H3,(H,26,31)/t19-,20-/m0/s1. The maximum absolute atomic E-state index is 13.6. The molecular formula is C25H34N4O6S. The van der Waals surface area contributed by atoms with Crippen molar-refractivity contribution < 1.29 is 22.9 Å². The van der Waals surface area contributed by atoms with Crippen molar-refractivity contribution >= 4 is 33.2 Å². The number of amides is 2. The molecule has 2 amide bonds. The molecular weight excluding hydrogens is 484 g/mol. The molecule has 0 heterocycles. The lowest BCUT2D eigenvalue weighted by atomic mass is 10.1. The molecule has 2 rings (SSSR count). The summed E-state index contributed by atoms with van der Waals surface area (Å²) in [4.78, 5) is 38.5. The van der Waals surface area contributed by atoms with E-state index >= 15 is 0 Å². The number of nitrogens with zero attached hydrogens (tertiary/aromatic N) is 3. The van der Waals surface area contributed by atoms with Crippen LogP contribution in [0, 0.1) is 24.0 Å². The zero-order chi connectivity index (χ0) is 27.2. The highest BCUT2D eigenvalue weighted by atomic mass is 32.2. The molecule has 0 unspecified atom stereocenters. The summed E-state index contributed by atoms with van der Waals surface area (Å²) in [5.41, 5.74) is 1.99. The van der Waals surface area contributed by atoms with Gasteiger partial charge in [-0.15, -0.1) is 0 Å². The van der Waals surface area contributed by atoms with Gasteiger partial charge in [-0.25, -0.2) is 8.42 Å². The third kappa shape index (κ3) is 7.51. The van der Waals surface area contributed by atoms with Crippen molar-refractivity contribution in [1.29, 1.82) is 0 Å². The van der Waals surface area contributed by atoms with E-state index in [9.17, 15) is 28.1 Å². The molecule has 2 aromatic carbocycles. The van der Waals surface area contributed by atoms with Crippen LogP contribution in [-0.2, 0) is 26.2 Å². The molecule has 196 valence electrons. The SMILES string of the molecule is CC[C@H](C)NC(=O)[C@H](C)N(Cc1ccc(C)cc1)C(=O)CN(c1cc([N+](=O)[O-])ccc1C)S(C)(=O)=O. The van der Waals surface area contributed by atoms with Gasteiger partial charge in [-0.05, 0) is 45.2 Å². The van der Waals surface area contributed by atoms with Crippen molar-refractivity contribution in [2.75, 3.05) is 17.1 Å². The first-order chi connectivity index (χ1) is 16.7. The predicted octanol–water partition coefficient (Wildman–Crippen LogP) is 3.31. The number of nitro groups is 1. The Morgan fingerprint density at radius 1 is 1.08 bits per heavy atom. The topological polar surface area (TPSA) is 130 Å². The highest BCUT2D eigenvalue weighted by Crippen LogP contribution is 2.28. The molecule has 0 fully saturated rings. The van der Waals surface area contributed by atoms with Crippen LogP contribution in [0.2, 0.25) is 0 Å². The first-order valence-corrected chi connectivity index (χ1v) is 13.5. The van der Waals surface area contributed by atoms with E-state index in [-0.39, 0.29) is 29.9 Å². The zero-order valence-corrected chi connectivity index (χ0v) is 22.3. The number of hydrogen-bond acceptors (Lipinski definition) is 6. The number of anilines is 1. The second-order valence-electron chi connectivity index (χ2n) is 9.00. The lowest BCUT2D eigenvalue weighted by molar-refractivity contribution is -0.384. The Kier molecular flexibility index (Phi) is 9.57. The lowest BCUT2D eigenvalue weighted by Gasteiger charge is -2.32. The maximum Gasteiger partial charge on any atom is 0.271 e. The zero-order valence-electron chi connectivity index (χ0n) is 21.5. The van der Waals surface area contributed by atoms with Gasteiger partial charge in [-0.3, -0.25) is 24.0 Å². The number of carbonyl (C=O) groups is 2. The van der Waals surface area contributed by atoms with Crippen LogP contribution in [-0.4, -0.2) is 54.9 Å². The summed E-state index contributed by atoms with van der Waals surface area (Å²) in [6, 6.07) is 10.3. The summed E-state index contributed by atoms with van der Waals surface area (Å²) >= 11 is 0. The molecule has 10 nitrogen and oxygen atoms in total. The Morgan fingerprint density at radius 3 is 2.22 bits per heavy atom. The van der Waals surface area contributed by atoms with Crippen molar-refractivity contribution in [3.8, 4) is 0 Å². The molecule has 2 aromatic rings. The summed E-state index contributed by atoms with van der Waals surface area (Å²) in [5, 5.41) is 14.2. The van der Waals surface area contributed by atoms with Crippen molar-refractivity contribution in [1.82, 2.24) is 10.2 Å². The molecule has 0 saturated carbocycles. The molecule has 0 saturated heterocycles. The van der Waals surface area contributed by atoms with Gasteiger partial charge in [0, 0.05) is 24.7 Å². The first kappa shape index (κ1) is 28.8. The van der Waals surface area contributed by atoms with Crippen LogP contribution in [0.1, 0.15) is 43.9 Å². The van der Waals surface area contributed by atoms with Crippen LogP contribution in [0.15, 0.2) is 42.5 Å². The fourth-order valence-electron chi connectivity index (χ4n) is 3.51. The van der Waals surface area contributed by atoms with Crippen molar-refractivity contribution in [2.24, 2.45) is 0 Å². The number of rotatable bonds is 11. The lowest BCUT2D eigenvalue weighted by Crippen LogP contribution is -2.52. The third-order valence-corrected chi connectivity index (χ3v) is 7.12. The fourth-order valence-corrected chi connectivity index (χ4v) is 4.41. The van der Waals surface area contributed by atoms with Crippen LogP contribution in [0.25, 0.3) is 0 Å². The highest BCUT2D eigenvalue weighted by Gasteiger charge is 2.31. The molecule has 2 atom stereocenters. The van der Waals surface area contributed by atoms with Crippen molar-refractivity contribution in [3.63, 3.8) is 0 Å². The molecule has 0 aliphatic heterocycles. The second kappa shape index (κ2) is 12.0. The predicted molar refractivity (Wildman–Crippen MR) is 139 cm³/mol. The van der Waals surface area contributed by atoms with Crippen LogP contribution in [0.4, 0.5) is 11.4 Å². The van der Waals surface area contributed by atoms with E-state index in [2.05, 4.69) is 5.32 Å². The highest BCUT2D eigenvalue weighted by molar-refractivity contribution is 7.92. The number of nitro benzene ring substituents is 1. The molecule has 1 N–H and O–H groups in total. The second-order valence-corrected chi connectivity index (χ2v) is 10.9. The van der Waals surface area contributed by atoms with E-state index in [1.165, 1.54) is 17.0 Å². The Morgan fingerprint density at radius 2 is 1.69 bits per heavy atom. The average molecular weight is 519 g/mol. The minimum absolute atomic E-state index is 0.0343. The molecule has 0 radical (unpaired) electrons. The van der Waals surface area contributed by atoms with Gasteiger partial charge in [0.15, 0.2) is 0 Å². The van der Waals surface area contributed by atoms with Gasteiger partial charge in [-0.1, -0.05) is 42.8 Å². The third-order valence-electron chi connectivity index (χ3n) is 5.99. The number of non-ortho nitro benzene ring substituents is 1. The first-order valence-electron chi connectivity index (χ1n) is 11.6. The van der Waals surface area contributed by atoms with E-state index < -0.39 is 33.4 Å². The Hall–Kier alpha value is -3.47. The van der Waals surface area contributed by atoms with E-state index in [0.717, 1.165) is 27.8 Å². The number of sulfonamides is 1. The minimum atomic E-state index is -4.00. The normalized spacial score (nSPS) is 12.9. The molecule has 0 aliphatic carbocycles. The van der Waals surface area contributed by atoms with Gasteiger partial charge in [0.25, 0.3) is 5.69 Å². The van der Waals surface area contributed by atoms with E-state index in [1.54, 1.807) is 13.8 Å². The van der Waals surface area contributed by atoms with Crippen LogP contribution >= 0.6 is 0 Å². The number of hydrogen-bond donors (Lipinski definition) is 1. The van der Waals surface area contributed by atoms with E-state index in [0.29, 0.717) is 12.0 Å². The fraction of sp³-hybridized carbons (Fsp3) is 0.440. The van der Waals surface area contributed by atoms with Crippen molar-refractivity contribution in [3.05, 3.63) is 69.3 Å².